The van der Waals surface area contributed by atoms with Crippen molar-refractivity contribution < 1.29 is 21.9 Å². The number of guanidine groups is 1. The Labute approximate surface area is 193 Å². The summed E-state index contributed by atoms with van der Waals surface area (Å²) in [6.45, 7) is 3.93. The third-order valence-corrected chi connectivity index (χ3v) is 5.32. The van der Waals surface area contributed by atoms with Crippen LogP contribution in [0.2, 0.25) is 0 Å². The normalized spacial score (nSPS) is 18.5. The maximum Gasteiger partial charge on any atom is 0.216 e. The Hall–Kier alpha value is -1.90. The molecule has 0 bridgehead atoms. The number of rotatable bonds is 4. The second-order valence-corrected chi connectivity index (χ2v) is 7.29. The number of nitrogens with zero attached hydrogens (tertiary/aromatic N) is 4. The quantitative estimate of drug-likeness (QED) is 0.311. The van der Waals surface area contributed by atoms with E-state index >= 15 is 0 Å². The minimum absolute atomic E-state index is 0. The average Bonchev–Trinajstić information content (AvgIpc) is 3.33. The molecule has 1 saturated heterocycles. The number of halogens is 2. The van der Waals surface area contributed by atoms with Crippen molar-refractivity contribution in [2.45, 2.75) is 19.4 Å². The first-order chi connectivity index (χ1) is 13.2. The van der Waals surface area contributed by atoms with Crippen LogP contribution >= 0.6 is 17.0 Å². The summed E-state index contributed by atoms with van der Waals surface area (Å²) in [6, 6.07) is 17.1. The zero-order chi connectivity index (χ0) is 18.6. The smallest absolute Gasteiger partial charge is 0.216 e. The highest BCUT2D eigenvalue weighted by Gasteiger charge is 2.27. The van der Waals surface area contributed by atoms with Gasteiger partial charge < -0.3 is 32.5 Å². The van der Waals surface area contributed by atoms with E-state index in [1.165, 1.54) is 34.7 Å². The highest BCUT2D eigenvalue weighted by molar-refractivity contribution is 8.93. The number of hydrogen-bond donors (Lipinski definition) is 2. The van der Waals surface area contributed by atoms with Gasteiger partial charge in [0.2, 0.25) is 5.96 Å². The number of hydrogen-bond acceptors (Lipinski definition) is 3. The molecule has 6 nitrogen and oxygen atoms in total. The first kappa shape index (κ1) is 23.4. The number of likely N-dealkylation sites (tertiary alicyclic amines) is 1. The summed E-state index contributed by atoms with van der Waals surface area (Å²) in [7, 11) is 2.15. The lowest BCUT2D eigenvalue weighted by Gasteiger charge is -2.14. The molecule has 1 unspecified atom stereocenters. The lowest BCUT2D eigenvalue weighted by atomic mass is 10.1. The monoisotopic (exact) mass is 522 g/mol. The third-order valence-electron chi connectivity index (χ3n) is 5.32. The Morgan fingerprint density at radius 3 is 2.52 bits per heavy atom. The molecule has 1 atom stereocenters. The van der Waals surface area contributed by atoms with E-state index in [4.69, 9.17) is 5.73 Å². The molecule has 0 amide bonds. The van der Waals surface area contributed by atoms with Gasteiger partial charge in [0.1, 0.15) is 12.2 Å². The van der Waals surface area contributed by atoms with Crippen molar-refractivity contribution in [3.8, 4) is 0 Å². The minimum atomic E-state index is 0. The molecule has 156 valence electrons. The van der Waals surface area contributed by atoms with Gasteiger partial charge in [0, 0.05) is 31.8 Å². The highest BCUT2D eigenvalue weighted by atomic mass is 79.9. The Bertz CT molecular complexity index is 847. The van der Waals surface area contributed by atoms with Crippen molar-refractivity contribution in [1.82, 2.24) is 4.90 Å². The fraction of sp³-hybridized carbons (Fsp3) is 0.333. The zero-order valence-electron chi connectivity index (χ0n) is 16.6. The molecule has 2 aromatic rings. The molecule has 3 N–H and O–H groups in total. The van der Waals surface area contributed by atoms with Gasteiger partial charge in [-0.1, -0.05) is 36.4 Å². The maximum absolute atomic E-state index is 5.96. The summed E-state index contributed by atoms with van der Waals surface area (Å²) >= 11 is 0. The predicted octanol–water partition coefficient (Wildman–Crippen LogP) is -0.863. The molecular formula is C21H28Br2N6. The van der Waals surface area contributed by atoms with Crippen LogP contribution in [0, 0.1) is 0 Å². The van der Waals surface area contributed by atoms with Crippen LogP contribution in [-0.4, -0.2) is 43.9 Å². The number of nitrogens with one attached hydrogen (secondary N) is 1. The van der Waals surface area contributed by atoms with E-state index in [0.29, 0.717) is 5.96 Å². The molecule has 0 aliphatic carbocycles. The van der Waals surface area contributed by atoms with Crippen molar-refractivity contribution in [2.24, 2.45) is 15.9 Å². The molecule has 2 aliphatic rings. The summed E-state index contributed by atoms with van der Waals surface area (Å²) in [6.07, 6.45) is 4.12. The van der Waals surface area contributed by atoms with Crippen LogP contribution in [0.1, 0.15) is 24.0 Å². The van der Waals surface area contributed by atoms with E-state index in [0.717, 1.165) is 31.9 Å². The average molecular weight is 524 g/mol. The molecule has 2 aliphatic heterocycles. The van der Waals surface area contributed by atoms with Crippen LogP contribution < -0.4 is 32.5 Å². The number of fused-ring (bicyclic) bond motifs is 1. The molecule has 4 rings (SSSR count). The fourth-order valence-corrected chi connectivity index (χ4v) is 3.85. The molecule has 2 heterocycles. The Balaban J connectivity index is 0.00000150. The van der Waals surface area contributed by atoms with E-state index in [1.807, 2.05) is 0 Å². The van der Waals surface area contributed by atoms with Crippen molar-refractivity contribution in [1.29, 1.82) is 0 Å². The van der Waals surface area contributed by atoms with Gasteiger partial charge in [0.05, 0.1) is 6.21 Å². The molecular weight excluding hydrogens is 496 g/mol. The van der Waals surface area contributed by atoms with Crippen LogP contribution in [0.15, 0.2) is 58.7 Å². The summed E-state index contributed by atoms with van der Waals surface area (Å²) in [5, 5.41) is 8.26. The fourth-order valence-electron chi connectivity index (χ4n) is 3.85. The Morgan fingerprint density at radius 1 is 1.10 bits per heavy atom. The summed E-state index contributed by atoms with van der Waals surface area (Å²) in [5.41, 5.74) is 11.0. The van der Waals surface area contributed by atoms with Gasteiger partial charge in [-0.3, -0.25) is 4.90 Å². The van der Waals surface area contributed by atoms with Gasteiger partial charge >= 0.3 is 0 Å². The maximum atomic E-state index is 5.96. The third kappa shape index (κ3) is 5.58. The molecule has 8 heteroatoms. The van der Waals surface area contributed by atoms with E-state index in [9.17, 15) is 0 Å². The lowest BCUT2D eigenvalue weighted by Crippen LogP contribution is -3.05. The number of para-hydroxylation sites is 2. The van der Waals surface area contributed by atoms with Crippen molar-refractivity contribution in [2.75, 3.05) is 31.7 Å². The van der Waals surface area contributed by atoms with Gasteiger partial charge in [-0.05, 0) is 24.5 Å². The summed E-state index contributed by atoms with van der Waals surface area (Å²) < 4.78 is 0. The van der Waals surface area contributed by atoms with Crippen LogP contribution in [-0.2, 0) is 6.54 Å². The van der Waals surface area contributed by atoms with Crippen LogP contribution in [0.4, 0.5) is 11.4 Å². The zero-order valence-corrected chi connectivity index (χ0v) is 19.9. The van der Waals surface area contributed by atoms with E-state index in [-0.39, 0.29) is 34.0 Å². The van der Waals surface area contributed by atoms with Crippen LogP contribution in [0.3, 0.4) is 0 Å². The SMILES string of the molecule is Br.CN1C[NH+](Cc2ccc(/C=N/N=C(\N)N3CCCC3)cc2)c2ccccc21.[Br-]. The summed E-state index contributed by atoms with van der Waals surface area (Å²) in [5.74, 6) is 0.515. The Morgan fingerprint density at radius 2 is 1.79 bits per heavy atom. The topological polar surface area (TPSA) is 61.7 Å². The van der Waals surface area contributed by atoms with E-state index in [2.05, 4.69) is 75.6 Å². The highest BCUT2D eigenvalue weighted by Crippen LogP contribution is 2.24. The first-order valence-corrected chi connectivity index (χ1v) is 9.56. The Kier molecular flexibility index (Phi) is 8.67. The standard InChI is InChI=1S/C21H26N6.2BrH/c1-25-16-27(20-7-3-2-6-19(20)25)15-18-10-8-17(9-11-18)14-23-24-21(22)26-12-4-5-13-26;;/h2-3,6-11,14H,4-5,12-13,15-16H2,1H3,(H2,22,24);2*1H/b23-14+;;. The second kappa shape index (κ2) is 10.8. The molecule has 0 spiro atoms. The minimum Gasteiger partial charge on any atom is -1.00 e. The number of quaternary nitrogens is 1. The van der Waals surface area contributed by atoms with Crippen molar-refractivity contribution in [3.05, 3.63) is 59.7 Å². The van der Waals surface area contributed by atoms with Gasteiger partial charge in [-0.2, -0.15) is 5.10 Å². The van der Waals surface area contributed by atoms with Gasteiger partial charge in [0.15, 0.2) is 12.4 Å². The summed E-state index contributed by atoms with van der Waals surface area (Å²) in [4.78, 5) is 5.86. The number of benzene rings is 2. The first-order valence-electron chi connectivity index (χ1n) is 9.56. The molecule has 29 heavy (non-hydrogen) atoms. The molecule has 2 aromatic carbocycles. The second-order valence-electron chi connectivity index (χ2n) is 7.29. The van der Waals surface area contributed by atoms with Crippen LogP contribution in [0.25, 0.3) is 0 Å². The molecule has 0 radical (unpaired) electrons. The van der Waals surface area contributed by atoms with E-state index in [1.54, 1.807) is 6.21 Å². The predicted molar refractivity (Wildman–Crippen MR) is 121 cm³/mol. The molecule has 0 aromatic heterocycles. The lowest BCUT2D eigenvalue weighted by molar-refractivity contribution is -0.840. The largest absolute Gasteiger partial charge is 1.00 e. The van der Waals surface area contributed by atoms with E-state index < -0.39 is 0 Å². The van der Waals surface area contributed by atoms with Gasteiger partial charge in [0.25, 0.3) is 0 Å². The van der Waals surface area contributed by atoms with Crippen LogP contribution in [0.5, 0.6) is 0 Å². The van der Waals surface area contributed by atoms with Crippen molar-refractivity contribution in [3.63, 3.8) is 0 Å². The van der Waals surface area contributed by atoms with Crippen molar-refractivity contribution >= 4 is 40.5 Å². The molecule has 1 fully saturated rings. The van der Waals surface area contributed by atoms with Gasteiger partial charge in [-0.15, -0.1) is 22.1 Å². The van der Waals surface area contributed by atoms with Gasteiger partial charge in [-0.25, -0.2) is 0 Å². The number of nitrogens with two attached hydrogens (primary N) is 1. The number of anilines is 1. The molecule has 0 saturated carbocycles.